The molecule has 3 saturated heterocycles. The van der Waals surface area contributed by atoms with Crippen molar-refractivity contribution in [3.05, 3.63) is 0 Å². The summed E-state index contributed by atoms with van der Waals surface area (Å²) >= 11 is 0. The van der Waals surface area contributed by atoms with Gasteiger partial charge in [-0.3, -0.25) is 4.79 Å². The molecule has 0 aromatic carbocycles. The highest BCUT2D eigenvalue weighted by Gasteiger charge is 2.85. The van der Waals surface area contributed by atoms with Gasteiger partial charge >= 0.3 is 5.97 Å². The van der Waals surface area contributed by atoms with E-state index < -0.39 is 22.9 Å². The number of aliphatic hydroxyl groups excluding tert-OH is 2. The summed E-state index contributed by atoms with van der Waals surface area (Å²) in [5.74, 6) is 0.376. The molecule has 4 saturated carbocycles. The highest BCUT2D eigenvalue weighted by molar-refractivity contribution is 5.83. The molecule has 13 atom stereocenters. The van der Waals surface area contributed by atoms with Gasteiger partial charge in [-0.05, 0) is 101 Å². The van der Waals surface area contributed by atoms with Gasteiger partial charge in [0.05, 0.1) is 29.3 Å². The molecule has 7 fully saturated rings. The highest BCUT2D eigenvalue weighted by Crippen LogP contribution is 2.76. The summed E-state index contributed by atoms with van der Waals surface area (Å²) in [7, 11) is 0. The fourth-order valence-corrected chi connectivity index (χ4v) is 10.9. The number of carbonyl (C=O) groups is 1. The normalized spacial score (nSPS) is 63.3. The second-order valence-electron chi connectivity index (χ2n) is 14.2. The predicted octanol–water partition coefficient (Wildman–Crippen LogP) is 3.81. The SMILES string of the molecule is CC1CC2(O[C@H]3CC4C5CCC6C[C@@H](O)CC[C@]6(C)C5[C@@H](O)C[C@@]45C(=O)OC2(C)[C@@H]35)OC1(C)C. The van der Waals surface area contributed by atoms with E-state index in [4.69, 9.17) is 14.2 Å². The minimum absolute atomic E-state index is 0.0305. The number of hydrogen-bond donors (Lipinski definition) is 2. The van der Waals surface area contributed by atoms with Gasteiger partial charge in [0.15, 0.2) is 5.60 Å². The van der Waals surface area contributed by atoms with Gasteiger partial charge in [-0.1, -0.05) is 13.8 Å². The Labute approximate surface area is 203 Å². The molecule has 6 nitrogen and oxygen atoms in total. The molecule has 3 aliphatic heterocycles. The Kier molecular flexibility index (Phi) is 4.24. The van der Waals surface area contributed by atoms with E-state index in [0.717, 1.165) is 44.9 Å². The van der Waals surface area contributed by atoms with Crippen LogP contribution in [-0.4, -0.2) is 51.5 Å². The first-order valence-electron chi connectivity index (χ1n) is 13.9. The Morgan fingerprint density at radius 1 is 1.00 bits per heavy atom. The molecule has 190 valence electrons. The lowest BCUT2D eigenvalue weighted by atomic mass is 9.43. The summed E-state index contributed by atoms with van der Waals surface area (Å²) in [6.45, 7) is 10.8. The average Bonchev–Trinajstić information content (AvgIpc) is 3.34. The summed E-state index contributed by atoms with van der Waals surface area (Å²) in [4.78, 5) is 13.9. The Bertz CT molecular complexity index is 934. The van der Waals surface area contributed by atoms with Crippen LogP contribution >= 0.6 is 0 Å². The van der Waals surface area contributed by atoms with Crippen LogP contribution in [-0.2, 0) is 19.0 Å². The number of rotatable bonds is 0. The Morgan fingerprint density at radius 3 is 2.47 bits per heavy atom. The van der Waals surface area contributed by atoms with Gasteiger partial charge in [0.1, 0.15) is 0 Å². The van der Waals surface area contributed by atoms with Crippen LogP contribution in [0.25, 0.3) is 0 Å². The van der Waals surface area contributed by atoms with E-state index >= 15 is 0 Å². The first-order valence-corrected chi connectivity index (χ1v) is 13.9. The molecular weight excluding hydrogens is 432 g/mol. The molecule has 6 heteroatoms. The second kappa shape index (κ2) is 6.41. The van der Waals surface area contributed by atoms with Crippen LogP contribution in [0.4, 0.5) is 0 Å². The van der Waals surface area contributed by atoms with Crippen LogP contribution < -0.4 is 0 Å². The molecule has 7 rings (SSSR count). The van der Waals surface area contributed by atoms with Gasteiger partial charge in [0.2, 0.25) is 5.79 Å². The molecule has 2 N–H and O–H groups in total. The van der Waals surface area contributed by atoms with Gasteiger partial charge < -0.3 is 24.4 Å². The maximum Gasteiger partial charge on any atom is 0.313 e. The van der Waals surface area contributed by atoms with Crippen molar-refractivity contribution in [3.8, 4) is 0 Å². The lowest BCUT2D eigenvalue weighted by molar-refractivity contribution is -0.291. The van der Waals surface area contributed by atoms with E-state index in [9.17, 15) is 15.0 Å². The third-order valence-electron chi connectivity index (χ3n) is 12.7. The Morgan fingerprint density at radius 2 is 1.76 bits per heavy atom. The minimum atomic E-state index is -0.889. The largest absolute Gasteiger partial charge is 0.453 e. The molecule has 0 aromatic heterocycles. The van der Waals surface area contributed by atoms with Gasteiger partial charge in [0, 0.05) is 12.3 Å². The Balaban J connectivity index is 1.28. The lowest BCUT2D eigenvalue weighted by Gasteiger charge is -2.61. The van der Waals surface area contributed by atoms with Crippen LogP contribution in [0.5, 0.6) is 0 Å². The van der Waals surface area contributed by atoms with Crippen molar-refractivity contribution in [2.45, 2.75) is 121 Å². The first-order chi connectivity index (χ1) is 15.9. The van der Waals surface area contributed by atoms with Crippen molar-refractivity contribution in [3.63, 3.8) is 0 Å². The summed E-state index contributed by atoms with van der Waals surface area (Å²) in [6.07, 6.45) is 6.03. The molecule has 0 aromatic rings. The summed E-state index contributed by atoms with van der Waals surface area (Å²) in [5, 5.41) is 22.1. The topological polar surface area (TPSA) is 85.2 Å². The van der Waals surface area contributed by atoms with E-state index in [1.165, 1.54) is 0 Å². The summed E-state index contributed by atoms with van der Waals surface area (Å²) in [6, 6.07) is 0. The van der Waals surface area contributed by atoms with Crippen LogP contribution in [0.2, 0.25) is 0 Å². The average molecular weight is 475 g/mol. The molecule has 7 aliphatic rings. The van der Waals surface area contributed by atoms with Crippen LogP contribution in [0.3, 0.4) is 0 Å². The number of carbonyl (C=O) groups excluding carboxylic acids is 1. The first kappa shape index (κ1) is 22.5. The van der Waals surface area contributed by atoms with Crippen molar-refractivity contribution < 1.29 is 29.2 Å². The molecule has 7 unspecified atom stereocenters. The van der Waals surface area contributed by atoms with Crippen LogP contribution in [0, 0.1) is 46.3 Å². The molecule has 0 bridgehead atoms. The maximum absolute atomic E-state index is 13.9. The maximum atomic E-state index is 13.9. The number of ether oxygens (including phenoxy) is 3. The van der Waals surface area contributed by atoms with Gasteiger partial charge in [-0.2, -0.15) is 0 Å². The molecule has 4 aliphatic carbocycles. The summed E-state index contributed by atoms with van der Waals surface area (Å²) < 4.78 is 19.9. The standard InChI is InChI=1S/C28H42O6/c1-14-12-28(34-24(14,2)3)26(5)22-20(32-28)11-18-17-7-6-15-10-16(29)8-9-25(15,4)21(17)19(30)13-27(18,22)23(31)33-26/h14-22,29-30H,6-13H2,1-5H3/t14?,15?,16-,17?,18?,19-,20-,21?,22+,25-,26?,27+,28?/m0/s1. The molecule has 2 spiro atoms. The zero-order valence-electron chi connectivity index (χ0n) is 21.4. The molecular formula is C28H42O6. The monoisotopic (exact) mass is 474 g/mol. The zero-order chi connectivity index (χ0) is 24.1. The number of fused-ring (bicyclic) bond motifs is 5. The van der Waals surface area contributed by atoms with Crippen molar-refractivity contribution in [1.82, 2.24) is 0 Å². The van der Waals surface area contributed by atoms with E-state index in [0.29, 0.717) is 24.2 Å². The van der Waals surface area contributed by atoms with Crippen molar-refractivity contribution in [2.75, 3.05) is 0 Å². The Hall–Kier alpha value is -0.690. The fraction of sp³-hybridized carbons (Fsp3) is 0.964. The lowest BCUT2D eigenvalue weighted by Crippen LogP contribution is -2.61. The number of hydrogen-bond acceptors (Lipinski definition) is 6. The smallest absolute Gasteiger partial charge is 0.313 e. The quantitative estimate of drug-likeness (QED) is 0.520. The third kappa shape index (κ3) is 2.32. The van der Waals surface area contributed by atoms with Gasteiger partial charge in [0.25, 0.3) is 0 Å². The van der Waals surface area contributed by atoms with Gasteiger partial charge in [-0.25, -0.2) is 0 Å². The second-order valence-corrected chi connectivity index (χ2v) is 14.2. The number of aliphatic hydroxyl groups is 2. The van der Waals surface area contributed by atoms with Crippen molar-refractivity contribution >= 4 is 5.97 Å². The molecule has 0 amide bonds. The minimum Gasteiger partial charge on any atom is -0.453 e. The fourth-order valence-electron chi connectivity index (χ4n) is 10.9. The van der Waals surface area contributed by atoms with Gasteiger partial charge in [-0.15, -0.1) is 0 Å². The predicted molar refractivity (Wildman–Crippen MR) is 123 cm³/mol. The van der Waals surface area contributed by atoms with Crippen LogP contribution in [0.15, 0.2) is 0 Å². The van der Waals surface area contributed by atoms with E-state index in [1.54, 1.807) is 0 Å². The number of esters is 1. The van der Waals surface area contributed by atoms with E-state index in [1.807, 2.05) is 0 Å². The van der Waals surface area contributed by atoms with Crippen molar-refractivity contribution in [1.29, 1.82) is 0 Å². The zero-order valence-corrected chi connectivity index (χ0v) is 21.4. The molecule has 3 heterocycles. The van der Waals surface area contributed by atoms with Crippen LogP contribution in [0.1, 0.15) is 86.0 Å². The highest BCUT2D eigenvalue weighted by atomic mass is 16.8. The van der Waals surface area contributed by atoms with Crippen molar-refractivity contribution in [2.24, 2.45) is 46.3 Å². The third-order valence-corrected chi connectivity index (χ3v) is 12.7. The van der Waals surface area contributed by atoms with E-state index in [2.05, 4.69) is 34.6 Å². The molecule has 0 radical (unpaired) electrons. The van der Waals surface area contributed by atoms with E-state index in [-0.39, 0.29) is 46.9 Å². The summed E-state index contributed by atoms with van der Waals surface area (Å²) in [5.41, 5.74) is -1.78. The molecule has 34 heavy (non-hydrogen) atoms.